The Labute approximate surface area is 170 Å². The number of sulfonamides is 2. The number of hydrogen-bond donors (Lipinski definition) is 2. The lowest BCUT2D eigenvalue weighted by atomic mass is 9.95. The molecule has 8 nitrogen and oxygen atoms in total. The van der Waals surface area contributed by atoms with Gasteiger partial charge in [0.1, 0.15) is 6.04 Å². The number of hydrogen-bond acceptors (Lipinski definition) is 5. The summed E-state index contributed by atoms with van der Waals surface area (Å²) >= 11 is 0. The predicted octanol–water partition coefficient (Wildman–Crippen LogP) is 0.379. The van der Waals surface area contributed by atoms with Crippen molar-refractivity contribution in [3.05, 3.63) is 65.2 Å². The van der Waals surface area contributed by atoms with E-state index in [1.807, 2.05) is 24.3 Å². The van der Waals surface area contributed by atoms with Crippen molar-refractivity contribution in [2.75, 3.05) is 12.8 Å². The molecule has 0 bridgehead atoms. The van der Waals surface area contributed by atoms with Crippen molar-refractivity contribution in [1.29, 1.82) is 0 Å². The topological polar surface area (TPSA) is 127 Å². The average Bonchev–Trinajstić information content (AvgIpc) is 2.66. The van der Waals surface area contributed by atoms with Crippen molar-refractivity contribution < 1.29 is 21.6 Å². The Balaban J connectivity index is 1.66. The Morgan fingerprint density at radius 2 is 1.69 bits per heavy atom. The number of carbonyl (C=O) groups is 1. The molecule has 0 fully saturated rings. The smallest absolute Gasteiger partial charge is 0.238 e. The van der Waals surface area contributed by atoms with E-state index in [1.165, 1.54) is 16.4 Å². The number of nitrogens with two attached hydrogens (primary N) is 1. The van der Waals surface area contributed by atoms with Crippen LogP contribution in [0.15, 0.2) is 53.4 Å². The Bertz CT molecular complexity index is 1110. The minimum Gasteiger partial charge on any atom is -0.354 e. The first-order valence-electron chi connectivity index (χ1n) is 8.99. The second kappa shape index (κ2) is 8.23. The summed E-state index contributed by atoms with van der Waals surface area (Å²) in [4.78, 5) is 12.8. The van der Waals surface area contributed by atoms with Gasteiger partial charge in [0.15, 0.2) is 0 Å². The number of benzene rings is 2. The van der Waals surface area contributed by atoms with Crippen molar-refractivity contribution in [2.24, 2.45) is 5.14 Å². The van der Waals surface area contributed by atoms with E-state index in [0.717, 1.165) is 22.9 Å². The van der Waals surface area contributed by atoms with Gasteiger partial charge in [0, 0.05) is 13.1 Å². The van der Waals surface area contributed by atoms with Crippen LogP contribution >= 0.6 is 0 Å². The fraction of sp³-hybridized carbons (Fsp3) is 0.316. The summed E-state index contributed by atoms with van der Waals surface area (Å²) in [6.07, 6.45) is 1.89. The third-order valence-corrected chi connectivity index (χ3v) is 7.06. The molecule has 1 heterocycles. The molecule has 3 N–H and O–H groups in total. The van der Waals surface area contributed by atoms with Gasteiger partial charge in [-0.1, -0.05) is 36.4 Å². The molecule has 0 saturated carbocycles. The van der Waals surface area contributed by atoms with Crippen LogP contribution in [0.25, 0.3) is 0 Å². The molecule has 2 aromatic rings. The molecule has 1 unspecified atom stereocenters. The van der Waals surface area contributed by atoms with E-state index >= 15 is 0 Å². The van der Waals surface area contributed by atoms with Crippen LogP contribution in [-0.2, 0) is 44.2 Å². The molecular weight excluding hydrogens is 414 g/mol. The maximum atomic E-state index is 12.7. The van der Waals surface area contributed by atoms with Gasteiger partial charge in [-0.3, -0.25) is 4.79 Å². The number of rotatable bonds is 6. The van der Waals surface area contributed by atoms with Crippen molar-refractivity contribution in [3.8, 4) is 0 Å². The summed E-state index contributed by atoms with van der Waals surface area (Å²) < 4.78 is 48.2. The van der Waals surface area contributed by atoms with Crippen molar-refractivity contribution in [3.63, 3.8) is 0 Å². The monoisotopic (exact) mass is 437 g/mol. The number of amides is 1. The van der Waals surface area contributed by atoms with E-state index < -0.39 is 26.1 Å². The molecule has 0 aliphatic carbocycles. The van der Waals surface area contributed by atoms with Gasteiger partial charge < -0.3 is 5.32 Å². The van der Waals surface area contributed by atoms with Gasteiger partial charge in [-0.25, -0.2) is 22.0 Å². The van der Waals surface area contributed by atoms with Crippen LogP contribution in [-0.4, -0.2) is 45.9 Å². The zero-order chi connectivity index (χ0) is 21.2. The zero-order valence-electron chi connectivity index (χ0n) is 15.9. The molecule has 29 heavy (non-hydrogen) atoms. The predicted molar refractivity (Wildman–Crippen MR) is 109 cm³/mol. The fourth-order valence-corrected chi connectivity index (χ4v) is 4.89. The number of fused-ring (bicyclic) bond motifs is 1. The molecule has 1 aliphatic heterocycles. The van der Waals surface area contributed by atoms with E-state index in [2.05, 4.69) is 5.32 Å². The van der Waals surface area contributed by atoms with Crippen LogP contribution in [0, 0.1) is 0 Å². The van der Waals surface area contributed by atoms with Crippen LogP contribution in [0.4, 0.5) is 0 Å². The maximum absolute atomic E-state index is 12.7. The molecule has 0 spiro atoms. The number of primary sulfonamides is 1. The highest BCUT2D eigenvalue weighted by Crippen LogP contribution is 2.25. The van der Waals surface area contributed by atoms with Gasteiger partial charge in [0.05, 0.1) is 11.2 Å². The summed E-state index contributed by atoms with van der Waals surface area (Å²) in [7, 11) is -7.30. The highest BCUT2D eigenvalue weighted by molar-refractivity contribution is 7.89. The average molecular weight is 438 g/mol. The first-order chi connectivity index (χ1) is 13.6. The summed E-state index contributed by atoms with van der Waals surface area (Å²) in [5.41, 5.74) is 2.69. The molecule has 1 atom stereocenters. The highest BCUT2D eigenvalue weighted by Gasteiger charge is 2.36. The summed E-state index contributed by atoms with van der Waals surface area (Å²) in [6, 6.07) is 12.8. The van der Waals surface area contributed by atoms with E-state index in [-0.39, 0.29) is 17.3 Å². The van der Waals surface area contributed by atoms with Gasteiger partial charge in [0.25, 0.3) is 0 Å². The Kier molecular flexibility index (Phi) is 6.08. The fourth-order valence-electron chi connectivity index (χ4n) is 3.36. The standard InChI is InChI=1S/C19H23N3O5S2/c1-28(24,25)22-13-16-5-3-2-4-15(16)12-18(22)19(23)21-11-10-14-6-8-17(9-7-14)29(20,26)27/h2-9,18H,10-13H2,1H3,(H,21,23)(H2,20,26,27). The number of nitrogens with zero attached hydrogens (tertiary/aromatic N) is 1. The van der Waals surface area contributed by atoms with Crippen molar-refractivity contribution >= 4 is 26.0 Å². The maximum Gasteiger partial charge on any atom is 0.238 e. The number of nitrogens with one attached hydrogen (secondary N) is 1. The van der Waals surface area contributed by atoms with Crippen molar-refractivity contribution in [1.82, 2.24) is 9.62 Å². The SMILES string of the molecule is CS(=O)(=O)N1Cc2ccccc2CC1C(=O)NCCc1ccc(S(N)(=O)=O)cc1. The largest absolute Gasteiger partial charge is 0.354 e. The molecule has 0 aromatic heterocycles. The van der Waals surface area contributed by atoms with E-state index in [0.29, 0.717) is 19.4 Å². The normalized spacial score (nSPS) is 17.5. The Morgan fingerprint density at radius 1 is 1.07 bits per heavy atom. The number of carbonyl (C=O) groups excluding carboxylic acids is 1. The van der Waals surface area contributed by atoms with Crippen LogP contribution < -0.4 is 10.5 Å². The van der Waals surface area contributed by atoms with Gasteiger partial charge in [-0.05, 0) is 41.7 Å². The lowest BCUT2D eigenvalue weighted by Gasteiger charge is -2.34. The molecule has 2 aromatic carbocycles. The molecule has 0 saturated heterocycles. The second-order valence-corrected chi connectivity index (χ2v) is 10.5. The third-order valence-electron chi connectivity index (χ3n) is 4.90. The molecule has 3 rings (SSSR count). The van der Waals surface area contributed by atoms with Gasteiger partial charge in [-0.2, -0.15) is 4.31 Å². The van der Waals surface area contributed by atoms with Crippen LogP contribution in [0.3, 0.4) is 0 Å². The zero-order valence-corrected chi connectivity index (χ0v) is 17.5. The molecule has 10 heteroatoms. The van der Waals surface area contributed by atoms with Gasteiger partial charge in [-0.15, -0.1) is 0 Å². The quantitative estimate of drug-likeness (QED) is 0.675. The van der Waals surface area contributed by atoms with Crippen molar-refractivity contribution in [2.45, 2.75) is 30.3 Å². The summed E-state index contributed by atoms with van der Waals surface area (Å²) in [5, 5.41) is 7.86. The lowest BCUT2D eigenvalue weighted by Crippen LogP contribution is -2.52. The Morgan fingerprint density at radius 3 is 2.28 bits per heavy atom. The summed E-state index contributed by atoms with van der Waals surface area (Å²) in [6.45, 7) is 0.464. The van der Waals surface area contributed by atoms with E-state index in [4.69, 9.17) is 5.14 Å². The minimum absolute atomic E-state index is 0.0231. The van der Waals surface area contributed by atoms with Gasteiger partial charge >= 0.3 is 0 Å². The summed E-state index contributed by atoms with van der Waals surface area (Å²) in [5.74, 6) is -0.355. The van der Waals surface area contributed by atoms with E-state index in [9.17, 15) is 21.6 Å². The first kappa shape index (κ1) is 21.4. The van der Waals surface area contributed by atoms with Crippen LogP contribution in [0.2, 0.25) is 0 Å². The second-order valence-electron chi connectivity index (χ2n) is 7.03. The first-order valence-corrected chi connectivity index (χ1v) is 12.4. The van der Waals surface area contributed by atoms with Gasteiger partial charge in [0.2, 0.25) is 26.0 Å². The van der Waals surface area contributed by atoms with E-state index in [1.54, 1.807) is 12.1 Å². The molecular formula is C19H23N3O5S2. The Hall–Kier alpha value is -2.27. The van der Waals surface area contributed by atoms with Crippen LogP contribution in [0.1, 0.15) is 16.7 Å². The molecule has 0 radical (unpaired) electrons. The lowest BCUT2D eigenvalue weighted by molar-refractivity contribution is -0.125. The molecule has 156 valence electrons. The minimum atomic E-state index is -3.74. The third kappa shape index (κ3) is 5.21. The molecule has 1 amide bonds. The molecule has 1 aliphatic rings. The van der Waals surface area contributed by atoms with Crippen LogP contribution in [0.5, 0.6) is 0 Å². The highest BCUT2D eigenvalue weighted by atomic mass is 32.2.